The standard InChI is InChI=1S/C16H26N4O/c1-3-10-20(12-13-4-7-18-8-5-13)14-6-9-19-15(11-14)16(21)17-2/h6,9,11,13,18H,3-5,7-8,10,12H2,1-2H3,(H,17,21). The predicted octanol–water partition coefficient (Wildman–Crippen LogP) is 1.66. The number of nitrogens with zero attached hydrogens (tertiary/aromatic N) is 2. The van der Waals surface area contributed by atoms with Crippen LogP contribution < -0.4 is 15.5 Å². The summed E-state index contributed by atoms with van der Waals surface area (Å²) in [5.41, 5.74) is 1.59. The minimum absolute atomic E-state index is 0.129. The van der Waals surface area contributed by atoms with Crippen molar-refractivity contribution < 1.29 is 4.79 Å². The highest BCUT2D eigenvalue weighted by atomic mass is 16.1. The van der Waals surface area contributed by atoms with Crippen molar-refractivity contribution in [2.45, 2.75) is 26.2 Å². The van der Waals surface area contributed by atoms with Gasteiger partial charge in [0.2, 0.25) is 0 Å². The van der Waals surface area contributed by atoms with E-state index < -0.39 is 0 Å². The van der Waals surface area contributed by atoms with E-state index in [9.17, 15) is 4.79 Å². The predicted molar refractivity (Wildman–Crippen MR) is 85.7 cm³/mol. The molecule has 21 heavy (non-hydrogen) atoms. The summed E-state index contributed by atoms with van der Waals surface area (Å²) in [4.78, 5) is 18.3. The Morgan fingerprint density at radius 2 is 2.24 bits per heavy atom. The van der Waals surface area contributed by atoms with Gasteiger partial charge in [-0.05, 0) is 50.4 Å². The molecule has 5 heteroatoms. The van der Waals surface area contributed by atoms with E-state index in [0.717, 1.165) is 44.2 Å². The van der Waals surface area contributed by atoms with Crippen LogP contribution in [-0.2, 0) is 0 Å². The quantitative estimate of drug-likeness (QED) is 0.836. The normalized spacial score (nSPS) is 15.7. The monoisotopic (exact) mass is 290 g/mol. The molecule has 1 aliphatic rings. The SMILES string of the molecule is CCCN(CC1CCNCC1)c1ccnc(C(=O)NC)c1. The maximum Gasteiger partial charge on any atom is 0.269 e. The zero-order valence-corrected chi connectivity index (χ0v) is 13.1. The smallest absolute Gasteiger partial charge is 0.269 e. The van der Waals surface area contributed by atoms with Crippen molar-refractivity contribution in [3.8, 4) is 0 Å². The first kappa shape index (κ1) is 15.8. The molecule has 0 aromatic carbocycles. The molecule has 0 saturated carbocycles. The van der Waals surface area contributed by atoms with E-state index in [-0.39, 0.29) is 5.91 Å². The zero-order chi connectivity index (χ0) is 15.1. The van der Waals surface area contributed by atoms with Crippen LogP contribution in [0.4, 0.5) is 5.69 Å². The molecule has 1 aromatic rings. The fraction of sp³-hybridized carbons (Fsp3) is 0.625. The topological polar surface area (TPSA) is 57.3 Å². The Kier molecular flexibility index (Phi) is 5.99. The largest absolute Gasteiger partial charge is 0.371 e. The van der Waals surface area contributed by atoms with Crippen LogP contribution >= 0.6 is 0 Å². The summed E-state index contributed by atoms with van der Waals surface area (Å²) in [7, 11) is 1.63. The minimum atomic E-state index is -0.129. The third-order valence-electron chi connectivity index (χ3n) is 4.00. The van der Waals surface area contributed by atoms with E-state index in [2.05, 4.69) is 27.4 Å². The van der Waals surface area contributed by atoms with Gasteiger partial charge in [0.1, 0.15) is 5.69 Å². The number of aromatic nitrogens is 1. The molecule has 0 unspecified atom stereocenters. The number of carbonyl (C=O) groups excluding carboxylic acids is 1. The summed E-state index contributed by atoms with van der Waals surface area (Å²) in [6.45, 7) is 6.50. The first-order chi connectivity index (χ1) is 10.2. The average molecular weight is 290 g/mol. The first-order valence-electron chi connectivity index (χ1n) is 7.88. The van der Waals surface area contributed by atoms with Gasteiger partial charge in [-0.3, -0.25) is 9.78 Å². The Morgan fingerprint density at radius 3 is 2.90 bits per heavy atom. The van der Waals surface area contributed by atoms with E-state index in [4.69, 9.17) is 0 Å². The molecule has 0 aliphatic carbocycles. The van der Waals surface area contributed by atoms with Gasteiger partial charge in [0, 0.05) is 32.0 Å². The number of rotatable bonds is 6. The van der Waals surface area contributed by atoms with Crippen LogP contribution in [0, 0.1) is 5.92 Å². The van der Waals surface area contributed by atoms with Crippen LogP contribution in [0.2, 0.25) is 0 Å². The number of hydrogen-bond donors (Lipinski definition) is 2. The van der Waals surface area contributed by atoms with Crippen molar-refractivity contribution in [1.82, 2.24) is 15.6 Å². The van der Waals surface area contributed by atoms with Crippen molar-refractivity contribution in [2.24, 2.45) is 5.92 Å². The molecule has 5 nitrogen and oxygen atoms in total. The van der Waals surface area contributed by atoms with Gasteiger partial charge in [0.15, 0.2) is 0 Å². The molecule has 1 amide bonds. The van der Waals surface area contributed by atoms with Crippen LogP contribution in [0.3, 0.4) is 0 Å². The lowest BCUT2D eigenvalue weighted by Gasteiger charge is -2.31. The molecule has 0 spiro atoms. The maximum atomic E-state index is 11.7. The van der Waals surface area contributed by atoms with Crippen LogP contribution in [0.1, 0.15) is 36.7 Å². The van der Waals surface area contributed by atoms with E-state index in [1.807, 2.05) is 12.1 Å². The van der Waals surface area contributed by atoms with Crippen LogP contribution in [0.25, 0.3) is 0 Å². The summed E-state index contributed by atoms with van der Waals surface area (Å²) in [5, 5.41) is 6.04. The third kappa shape index (κ3) is 4.43. The molecule has 1 saturated heterocycles. The summed E-state index contributed by atoms with van der Waals surface area (Å²) < 4.78 is 0. The molecule has 116 valence electrons. The molecule has 2 heterocycles. The molecule has 0 atom stereocenters. The van der Waals surface area contributed by atoms with Crippen molar-refractivity contribution in [3.63, 3.8) is 0 Å². The van der Waals surface area contributed by atoms with Gasteiger partial charge in [-0.25, -0.2) is 0 Å². The van der Waals surface area contributed by atoms with Crippen molar-refractivity contribution >= 4 is 11.6 Å². The van der Waals surface area contributed by atoms with E-state index >= 15 is 0 Å². The average Bonchev–Trinajstić information content (AvgIpc) is 2.55. The number of amides is 1. The van der Waals surface area contributed by atoms with Crippen LogP contribution in [0.5, 0.6) is 0 Å². The second-order valence-electron chi connectivity index (χ2n) is 5.62. The number of carbonyl (C=O) groups is 1. The Labute approximate surface area is 127 Å². The Hall–Kier alpha value is -1.62. The highest BCUT2D eigenvalue weighted by molar-refractivity contribution is 5.92. The maximum absolute atomic E-state index is 11.7. The van der Waals surface area contributed by atoms with Crippen molar-refractivity contribution in [2.75, 3.05) is 38.1 Å². The number of hydrogen-bond acceptors (Lipinski definition) is 4. The number of anilines is 1. The Balaban J connectivity index is 2.10. The second kappa shape index (κ2) is 7.98. The lowest BCUT2D eigenvalue weighted by Crippen LogP contribution is -2.36. The molecule has 2 rings (SSSR count). The summed E-state index contributed by atoms with van der Waals surface area (Å²) in [6.07, 6.45) is 5.29. The molecule has 1 aliphatic heterocycles. The fourth-order valence-electron chi connectivity index (χ4n) is 2.84. The summed E-state index contributed by atoms with van der Waals surface area (Å²) in [5.74, 6) is 0.601. The molecule has 1 fully saturated rings. The van der Waals surface area contributed by atoms with Gasteiger partial charge in [-0.15, -0.1) is 0 Å². The molecular formula is C16H26N4O. The van der Waals surface area contributed by atoms with Gasteiger partial charge in [-0.2, -0.15) is 0 Å². The Bertz CT molecular complexity index is 457. The van der Waals surface area contributed by atoms with Gasteiger partial charge >= 0.3 is 0 Å². The molecule has 0 bridgehead atoms. The highest BCUT2D eigenvalue weighted by Crippen LogP contribution is 2.20. The zero-order valence-electron chi connectivity index (χ0n) is 13.1. The lowest BCUT2D eigenvalue weighted by molar-refractivity contribution is 0.0958. The second-order valence-corrected chi connectivity index (χ2v) is 5.62. The summed E-state index contributed by atoms with van der Waals surface area (Å²) in [6, 6.07) is 3.90. The number of pyridine rings is 1. The minimum Gasteiger partial charge on any atom is -0.371 e. The number of piperidine rings is 1. The van der Waals surface area contributed by atoms with Crippen molar-refractivity contribution in [1.29, 1.82) is 0 Å². The van der Waals surface area contributed by atoms with E-state index in [0.29, 0.717) is 5.69 Å². The highest BCUT2D eigenvalue weighted by Gasteiger charge is 2.18. The van der Waals surface area contributed by atoms with Crippen molar-refractivity contribution in [3.05, 3.63) is 24.0 Å². The van der Waals surface area contributed by atoms with Gasteiger partial charge in [0.25, 0.3) is 5.91 Å². The lowest BCUT2D eigenvalue weighted by atomic mass is 9.97. The van der Waals surface area contributed by atoms with Gasteiger partial charge < -0.3 is 15.5 Å². The first-order valence-corrected chi connectivity index (χ1v) is 7.88. The molecule has 0 radical (unpaired) electrons. The van der Waals surface area contributed by atoms with E-state index in [1.165, 1.54) is 12.8 Å². The van der Waals surface area contributed by atoms with Gasteiger partial charge in [-0.1, -0.05) is 6.92 Å². The third-order valence-corrected chi connectivity index (χ3v) is 4.00. The van der Waals surface area contributed by atoms with Crippen LogP contribution in [0.15, 0.2) is 18.3 Å². The van der Waals surface area contributed by atoms with E-state index in [1.54, 1.807) is 13.2 Å². The molecular weight excluding hydrogens is 264 g/mol. The van der Waals surface area contributed by atoms with Gasteiger partial charge in [0.05, 0.1) is 0 Å². The molecule has 2 N–H and O–H groups in total. The van der Waals surface area contributed by atoms with Crippen LogP contribution in [-0.4, -0.2) is 44.1 Å². The summed E-state index contributed by atoms with van der Waals surface area (Å²) >= 11 is 0. The Morgan fingerprint density at radius 1 is 1.48 bits per heavy atom. The fourth-order valence-corrected chi connectivity index (χ4v) is 2.84. The molecule has 1 aromatic heterocycles. The number of nitrogens with one attached hydrogen (secondary N) is 2.